The summed E-state index contributed by atoms with van der Waals surface area (Å²) in [5.74, 6) is -0.745. The van der Waals surface area contributed by atoms with Crippen LogP contribution in [0.3, 0.4) is 0 Å². The molecule has 0 fully saturated rings. The highest BCUT2D eigenvalue weighted by molar-refractivity contribution is 9.10. The second-order valence-corrected chi connectivity index (χ2v) is 6.59. The number of hydrogen-bond acceptors (Lipinski definition) is 2. The molecule has 3 nitrogen and oxygen atoms in total. The van der Waals surface area contributed by atoms with Gasteiger partial charge in [0.15, 0.2) is 0 Å². The predicted octanol–water partition coefficient (Wildman–Crippen LogP) is 5.14. The Hall–Kier alpha value is -2.53. The molecule has 0 radical (unpaired) electrons. The van der Waals surface area contributed by atoms with Crippen LogP contribution in [0, 0.1) is 5.82 Å². The molecule has 1 atom stereocenters. The van der Waals surface area contributed by atoms with Crippen molar-refractivity contribution in [1.82, 2.24) is 10.3 Å². The lowest BCUT2D eigenvalue weighted by Gasteiger charge is -2.15. The predicted molar refractivity (Wildman–Crippen MR) is 99.7 cm³/mol. The highest BCUT2D eigenvalue weighted by Gasteiger charge is 2.14. The first-order valence-corrected chi connectivity index (χ1v) is 8.60. The van der Waals surface area contributed by atoms with E-state index in [9.17, 15) is 9.18 Å². The third-order valence-electron chi connectivity index (χ3n) is 3.94. The van der Waals surface area contributed by atoms with E-state index in [-0.39, 0.29) is 11.9 Å². The first kappa shape index (κ1) is 17.3. The van der Waals surface area contributed by atoms with Gasteiger partial charge < -0.3 is 5.32 Å². The Bertz CT molecular complexity index is 882. The lowest BCUT2D eigenvalue weighted by atomic mass is 10.0. The van der Waals surface area contributed by atoms with Crippen LogP contribution in [-0.2, 0) is 0 Å². The number of aromatic nitrogens is 1. The Kier molecular flexibility index (Phi) is 5.24. The number of carbonyl (C=O) groups excluding carboxylic acids is 1. The van der Waals surface area contributed by atoms with E-state index in [1.54, 1.807) is 36.7 Å². The molecule has 1 heterocycles. The zero-order valence-corrected chi connectivity index (χ0v) is 15.1. The van der Waals surface area contributed by atoms with E-state index in [1.165, 1.54) is 6.07 Å². The van der Waals surface area contributed by atoms with Crippen molar-refractivity contribution in [1.29, 1.82) is 0 Å². The van der Waals surface area contributed by atoms with Crippen molar-refractivity contribution in [3.63, 3.8) is 0 Å². The zero-order chi connectivity index (χ0) is 17.8. The minimum absolute atomic E-state index is 0.177. The normalized spacial score (nSPS) is 11.8. The molecule has 3 aromatic rings. The number of nitrogens with one attached hydrogen (secondary N) is 1. The van der Waals surface area contributed by atoms with Gasteiger partial charge >= 0.3 is 0 Å². The number of rotatable bonds is 4. The molecule has 1 N–H and O–H groups in total. The quantitative estimate of drug-likeness (QED) is 0.660. The van der Waals surface area contributed by atoms with Crippen molar-refractivity contribution in [3.8, 4) is 11.1 Å². The molecule has 0 saturated carbocycles. The number of amides is 1. The molecule has 3 rings (SSSR count). The van der Waals surface area contributed by atoms with E-state index in [0.29, 0.717) is 11.1 Å². The van der Waals surface area contributed by atoms with Crippen LogP contribution in [-0.4, -0.2) is 10.9 Å². The number of hydrogen-bond donors (Lipinski definition) is 1. The smallest absolute Gasteiger partial charge is 0.251 e. The number of benzene rings is 2. The Labute approximate surface area is 154 Å². The van der Waals surface area contributed by atoms with Gasteiger partial charge in [-0.25, -0.2) is 4.39 Å². The molecule has 25 heavy (non-hydrogen) atoms. The van der Waals surface area contributed by atoms with Crippen LogP contribution in [0.1, 0.15) is 28.9 Å². The van der Waals surface area contributed by atoms with Crippen LogP contribution in [0.5, 0.6) is 0 Å². The van der Waals surface area contributed by atoms with Crippen molar-refractivity contribution >= 4 is 21.8 Å². The molecule has 0 bridgehead atoms. The second kappa shape index (κ2) is 7.57. The topological polar surface area (TPSA) is 42.0 Å². The number of nitrogens with zero attached hydrogens (tertiary/aromatic N) is 1. The molecule has 0 aliphatic heterocycles. The largest absolute Gasteiger partial charge is 0.346 e. The third kappa shape index (κ3) is 4.12. The number of pyridine rings is 1. The van der Waals surface area contributed by atoms with Crippen molar-refractivity contribution in [3.05, 3.63) is 88.4 Å². The van der Waals surface area contributed by atoms with E-state index in [0.717, 1.165) is 15.6 Å². The number of halogens is 2. The van der Waals surface area contributed by atoms with Crippen LogP contribution < -0.4 is 5.32 Å². The lowest BCUT2D eigenvalue weighted by Crippen LogP contribution is -2.26. The van der Waals surface area contributed by atoms with Crippen molar-refractivity contribution in [2.75, 3.05) is 0 Å². The Morgan fingerprint density at radius 3 is 2.40 bits per heavy atom. The highest BCUT2D eigenvalue weighted by Crippen LogP contribution is 2.23. The van der Waals surface area contributed by atoms with Gasteiger partial charge in [0.2, 0.25) is 0 Å². The first-order valence-electron chi connectivity index (χ1n) is 7.81. The first-order chi connectivity index (χ1) is 12.0. The average molecular weight is 399 g/mol. The summed E-state index contributed by atoms with van der Waals surface area (Å²) in [5.41, 5.74) is 2.44. The molecule has 0 aliphatic rings. The van der Waals surface area contributed by atoms with Crippen LogP contribution >= 0.6 is 15.9 Å². The van der Waals surface area contributed by atoms with E-state index in [1.807, 2.05) is 31.2 Å². The molecule has 1 aromatic heterocycles. The van der Waals surface area contributed by atoms with E-state index >= 15 is 0 Å². The molecule has 126 valence electrons. The molecule has 2 aromatic carbocycles. The summed E-state index contributed by atoms with van der Waals surface area (Å²) in [4.78, 5) is 16.3. The molecule has 0 saturated heterocycles. The minimum atomic E-state index is -0.435. The van der Waals surface area contributed by atoms with Gasteiger partial charge in [-0.3, -0.25) is 9.78 Å². The molecular formula is C20H16BrFN2O. The monoisotopic (exact) mass is 398 g/mol. The van der Waals surface area contributed by atoms with Crippen LogP contribution in [0.4, 0.5) is 4.39 Å². The Morgan fingerprint density at radius 1 is 1.08 bits per heavy atom. The summed E-state index contributed by atoms with van der Waals surface area (Å²) >= 11 is 3.38. The molecule has 5 heteroatoms. The van der Waals surface area contributed by atoms with E-state index in [4.69, 9.17) is 0 Å². The summed E-state index contributed by atoms with van der Waals surface area (Å²) in [7, 11) is 0. The number of carbonyl (C=O) groups is 1. The Morgan fingerprint density at radius 2 is 1.76 bits per heavy atom. The van der Waals surface area contributed by atoms with Crippen molar-refractivity contribution in [2.24, 2.45) is 0 Å². The van der Waals surface area contributed by atoms with Crippen molar-refractivity contribution in [2.45, 2.75) is 13.0 Å². The summed E-state index contributed by atoms with van der Waals surface area (Å²) in [6.45, 7) is 1.89. The van der Waals surface area contributed by atoms with Crippen LogP contribution in [0.25, 0.3) is 11.1 Å². The van der Waals surface area contributed by atoms with Gasteiger partial charge in [0, 0.05) is 28.0 Å². The maximum atomic E-state index is 14.4. The van der Waals surface area contributed by atoms with Gasteiger partial charge in [-0.05, 0) is 54.4 Å². The average Bonchev–Trinajstić information content (AvgIpc) is 2.62. The van der Waals surface area contributed by atoms with Gasteiger partial charge in [-0.2, -0.15) is 0 Å². The summed E-state index contributed by atoms with van der Waals surface area (Å²) in [6.07, 6.45) is 3.21. The fourth-order valence-electron chi connectivity index (χ4n) is 2.54. The SMILES string of the molecule is CC(NC(=O)c1ccc(-c2ccncc2)c(F)c1)c1ccc(Br)cc1. The van der Waals surface area contributed by atoms with E-state index in [2.05, 4.69) is 26.2 Å². The lowest BCUT2D eigenvalue weighted by molar-refractivity contribution is 0.0939. The van der Waals surface area contributed by atoms with Gasteiger partial charge in [-0.1, -0.05) is 34.1 Å². The van der Waals surface area contributed by atoms with Gasteiger partial charge in [-0.15, -0.1) is 0 Å². The molecule has 0 spiro atoms. The van der Waals surface area contributed by atoms with Gasteiger partial charge in [0.25, 0.3) is 5.91 Å². The highest BCUT2D eigenvalue weighted by atomic mass is 79.9. The fraction of sp³-hybridized carbons (Fsp3) is 0.100. The van der Waals surface area contributed by atoms with Crippen molar-refractivity contribution < 1.29 is 9.18 Å². The fourth-order valence-corrected chi connectivity index (χ4v) is 2.80. The maximum Gasteiger partial charge on any atom is 0.251 e. The molecule has 0 aliphatic carbocycles. The summed E-state index contributed by atoms with van der Waals surface area (Å²) in [6, 6.07) is 15.5. The second-order valence-electron chi connectivity index (χ2n) is 5.68. The molecule has 1 amide bonds. The van der Waals surface area contributed by atoms with Crippen LogP contribution in [0.15, 0.2) is 71.5 Å². The maximum absolute atomic E-state index is 14.4. The van der Waals surface area contributed by atoms with Gasteiger partial charge in [0.1, 0.15) is 5.82 Å². The molecular weight excluding hydrogens is 383 g/mol. The molecule has 1 unspecified atom stereocenters. The summed E-state index contributed by atoms with van der Waals surface area (Å²) in [5, 5.41) is 2.89. The third-order valence-corrected chi connectivity index (χ3v) is 4.47. The van der Waals surface area contributed by atoms with Gasteiger partial charge in [0.05, 0.1) is 6.04 Å². The van der Waals surface area contributed by atoms with E-state index < -0.39 is 5.82 Å². The standard InChI is InChI=1S/C20H16BrFN2O/c1-13(14-2-5-17(21)6-3-14)24-20(25)16-4-7-18(19(22)12-16)15-8-10-23-11-9-15/h2-13H,1H3,(H,24,25). The minimum Gasteiger partial charge on any atom is -0.346 e. The van der Waals surface area contributed by atoms with Crippen LogP contribution in [0.2, 0.25) is 0 Å². The zero-order valence-electron chi connectivity index (χ0n) is 13.5. The Balaban J connectivity index is 1.76. The summed E-state index contributed by atoms with van der Waals surface area (Å²) < 4.78 is 15.4.